The van der Waals surface area contributed by atoms with Crippen molar-refractivity contribution in [3.8, 4) is 11.5 Å². The molecule has 0 radical (unpaired) electrons. The van der Waals surface area contributed by atoms with E-state index in [0.29, 0.717) is 105 Å². The van der Waals surface area contributed by atoms with Crippen molar-refractivity contribution in [3.63, 3.8) is 0 Å². The van der Waals surface area contributed by atoms with Crippen molar-refractivity contribution >= 4 is 93.7 Å². The maximum absolute atomic E-state index is 12.1. The molecular weight excluding hydrogens is 1450 g/mol. The van der Waals surface area contributed by atoms with Gasteiger partial charge in [-0.3, -0.25) is 44.2 Å². The summed E-state index contributed by atoms with van der Waals surface area (Å²) in [7, 11) is 0. The number of nitro benzene ring substituents is 2. The van der Waals surface area contributed by atoms with Crippen LogP contribution >= 0.6 is 22.9 Å². The van der Waals surface area contributed by atoms with Gasteiger partial charge in [-0.15, -0.1) is 0 Å². The van der Waals surface area contributed by atoms with Gasteiger partial charge in [0.1, 0.15) is 30.2 Å². The number of carbonyl (C=O) groups is 10. The van der Waals surface area contributed by atoms with E-state index < -0.39 is 52.0 Å². The number of ether oxygens (including phenoxy) is 7. The van der Waals surface area contributed by atoms with E-state index in [-0.39, 0.29) is 115 Å². The number of halogens is 1. The Morgan fingerprint density at radius 3 is 1.01 bits per heavy atom. The van der Waals surface area contributed by atoms with Crippen LogP contribution in [0.4, 0.5) is 11.4 Å². The number of amides is 5. The zero-order valence-electron chi connectivity index (χ0n) is 65.2. The summed E-state index contributed by atoms with van der Waals surface area (Å²) in [4.78, 5) is 140. The normalized spacial score (nSPS) is 12.3. The number of thiophene rings is 1. The molecule has 5 aromatic rings. The third-order valence-corrected chi connectivity index (χ3v) is 15.9. The molecule has 109 heavy (non-hydrogen) atoms. The van der Waals surface area contributed by atoms with Crippen LogP contribution in [-0.2, 0) is 104 Å². The van der Waals surface area contributed by atoms with Crippen LogP contribution in [0.1, 0.15) is 164 Å². The highest BCUT2D eigenvalue weighted by molar-refractivity contribution is 7.08. The SMILES string of the molecule is CCC(NC(=O)Cc1ccc(Cl)cc1)C(=O)OCC(C)C.CCC(NC(=O)Cc1ccc([N+](=O)[O-])cc1)C(=O)OCC(C)C.CCC(NC(=O)Cc1ccc2c(c1)OCO2)C(=O)OCC(C)C.CCC(NC(=O)Cc1cccc([N+](=O)[O-])c1)C(=O)OCC(C)C.CCC(NC(=O)Cc1ccsc1)C(=O)OCC(C)C. The van der Waals surface area contributed by atoms with Gasteiger partial charge in [0.05, 0.1) is 75.0 Å². The summed E-state index contributed by atoms with van der Waals surface area (Å²) in [6, 6.07) is 22.8. The molecule has 1 aliphatic heterocycles. The maximum atomic E-state index is 12.1. The smallest absolute Gasteiger partial charge is 0.328 e. The fraction of sp³-hybridized carbons (Fsp3) is 0.519. The topological polar surface area (TPSA) is 382 Å². The second-order valence-corrected chi connectivity index (χ2v) is 28.7. The zero-order valence-corrected chi connectivity index (χ0v) is 66.8. The van der Waals surface area contributed by atoms with Crippen LogP contribution in [0.25, 0.3) is 0 Å². The molecule has 1 aliphatic rings. The van der Waals surface area contributed by atoms with Crippen LogP contribution in [0.15, 0.2) is 108 Å². The lowest BCUT2D eigenvalue weighted by molar-refractivity contribution is -0.385. The Morgan fingerprint density at radius 1 is 0.394 bits per heavy atom. The molecule has 0 saturated heterocycles. The molecule has 5 unspecified atom stereocenters. The Hall–Kier alpha value is -10.0. The van der Waals surface area contributed by atoms with E-state index in [9.17, 15) is 68.2 Å². The van der Waals surface area contributed by atoms with Gasteiger partial charge < -0.3 is 59.7 Å². The van der Waals surface area contributed by atoms with Crippen molar-refractivity contribution < 1.29 is 91.0 Å². The lowest BCUT2D eigenvalue weighted by Gasteiger charge is -2.17. The average Bonchev–Trinajstić information content (AvgIpc) is 1.72. The van der Waals surface area contributed by atoms with Gasteiger partial charge >= 0.3 is 29.8 Å². The van der Waals surface area contributed by atoms with Crippen molar-refractivity contribution in [2.45, 2.75) is 198 Å². The van der Waals surface area contributed by atoms with Gasteiger partial charge in [0, 0.05) is 29.3 Å². The molecule has 2 heterocycles. The van der Waals surface area contributed by atoms with Gasteiger partial charge in [-0.25, -0.2) is 24.0 Å². The lowest BCUT2D eigenvalue weighted by atomic mass is 10.1. The van der Waals surface area contributed by atoms with Crippen molar-refractivity contribution in [2.24, 2.45) is 29.6 Å². The van der Waals surface area contributed by atoms with E-state index in [2.05, 4.69) is 26.6 Å². The number of hydrogen-bond acceptors (Lipinski definition) is 22. The van der Waals surface area contributed by atoms with E-state index in [1.54, 1.807) is 67.6 Å². The van der Waals surface area contributed by atoms with E-state index in [1.165, 1.54) is 42.5 Å². The summed E-state index contributed by atoms with van der Waals surface area (Å²) in [6.45, 7) is 30.5. The third-order valence-electron chi connectivity index (χ3n) is 15.0. The highest BCUT2D eigenvalue weighted by Gasteiger charge is 2.27. The molecule has 1 aromatic heterocycles. The molecular formula is C79H110ClN7O21S. The van der Waals surface area contributed by atoms with Gasteiger partial charge in [-0.05, 0) is 131 Å². The fourth-order valence-electron chi connectivity index (χ4n) is 9.10. The minimum atomic E-state index is -0.708. The Balaban J connectivity index is 0.000000463. The summed E-state index contributed by atoms with van der Waals surface area (Å²) >= 11 is 7.35. The number of carbonyl (C=O) groups excluding carboxylic acids is 10. The molecule has 0 fully saturated rings. The first-order chi connectivity index (χ1) is 51.6. The molecule has 4 aromatic carbocycles. The van der Waals surface area contributed by atoms with E-state index >= 15 is 0 Å². The molecule has 5 N–H and O–H groups in total. The Labute approximate surface area is 648 Å². The van der Waals surface area contributed by atoms with Gasteiger partial charge in [0.25, 0.3) is 11.4 Å². The summed E-state index contributed by atoms with van der Waals surface area (Å²) in [5.74, 6) is -0.709. The Morgan fingerprint density at radius 2 is 0.697 bits per heavy atom. The van der Waals surface area contributed by atoms with Crippen LogP contribution in [0.5, 0.6) is 11.5 Å². The first kappa shape index (κ1) is 95.0. The molecule has 28 nitrogen and oxygen atoms in total. The third kappa shape index (κ3) is 40.7. The van der Waals surface area contributed by atoms with Crippen LogP contribution in [-0.4, -0.2) is 139 Å². The maximum Gasteiger partial charge on any atom is 0.328 e. The summed E-state index contributed by atoms with van der Waals surface area (Å²) in [5, 5.41) is 39.2. The molecule has 0 bridgehead atoms. The molecule has 600 valence electrons. The number of nitro groups is 2. The number of fused-ring (bicyclic) bond motifs is 1. The molecule has 0 spiro atoms. The fourth-order valence-corrected chi connectivity index (χ4v) is 9.90. The largest absolute Gasteiger partial charge is 0.464 e. The van der Waals surface area contributed by atoms with Gasteiger partial charge in [0.15, 0.2) is 11.5 Å². The van der Waals surface area contributed by atoms with Crippen molar-refractivity contribution in [3.05, 3.63) is 161 Å². The minimum Gasteiger partial charge on any atom is -0.464 e. The quantitative estimate of drug-likeness (QED) is 0.0107. The standard InChI is InChI=1S/C17H23NO5.C16H22ClNO3.2C16H22N2O5.C14H21NO3S/c1-4-13(17(20)21-9-11(2)3)18-16(19)8-12-5-6-14-15(7-12)23-10-22-14;1-4-14(16(20)21-10-11(2)3)18-15(19)9-12-5-7-13(17)8-6-12;1-4-14(16(20)23-10-11(2)3)17-15(19)9-12-5-7-13(8-6-12)18(21)22;1-4-14(16(20)23-10-11(2)3)17-15(19)9-12-6-5-7-13(8-12)18(21)22;1-4-12(14(17)18-8-10(2)3)15-13(16)7-11-5-6-19-9-11/h5-7,11,13H,4,8-10H2,1-3H3,(H,18,19);5-8,11,14H,4,9-10H2,1-3H3,(H,18,19);2*5-8,11,14H,4,9-10H2,1-3H3,(H,17,19);5-6,9-10,12H,4,7-8H2,1-3H3,(H,15,16). The molecule has 0 saturated carbocycles. The Kier molecular flexibility index (Phi) is 45.4. The number of esters is 5. The summed E-state index contributed by atoms with van der Waals surface area (Å²) in [6.07, 6.45) is 3.08. The predicted octanol–water partition coefficient (Wildman–Crippen LogP) is 11.9. The van der Waals surface area contributed by atoms with E-state index in [0.717, 1.165) is 16.7 Å². The minimum absolute atomic E-state index is 0.0298. The van der Waals surface area contributed by atoms with Crippen LogP contribution in [0.3, 0.4) is 0 Å². The first-order valence-corrected chi connectivity index (χ1v) is 37.8. The van der Waals surface area contributed by atoms with Crippen LogP contribution in [0, 0.1) is 49.8 Å². The number of nitrogens with zero attached hydrogens (tertiary/aromatic N) is 2. The van der Waals surface area contributed by atoms with Crippen LogP contribution < -0.4 is 36.1 Å². The van der Waals surface area contributed by atoms with E-state index in [1.807, 2.05) is 113 Å². The molecule has 5 atom stereocenters. The lowest BCUT2D eigenvalue weighted by Crippen LogP contribution is -2.42. The van der Waals surface area contributed by atoms with Gasteiger partial charge in [-0.2, -0.15) is 11.3 Å². The molecule has 6 rings (SSSR count). The number of hydrogen-bond donors (Lipinski definition) is 5. The second-order valence-electron chi connectivity index (χ2n) is 27.4. The predicted molar refractivity (Wildman–Crippen MR) is 413 cm³/mol. The molecule has 30 heteroatoms. The average molecular weight is 1560 g/mol. The highest BCUT2D eigenvalue weighted by atomic mass is 35.5. The summed E-state index contributed by atoms with van der Waals surface area (Å²) < 4.78 is 36.2. The highest BCUT2D eigenvalue weighted by Crippen LogP contribution is 2.32. The zero-order chi connectivity index (χ0) is 81.7. The number of benzene rings is 4. The van der Waals surface area contributed by atoms with Crippen molar-refractivity contribution in [1.82, 2.24) is 26.6 Å². The second kappa shape index (κ2) is 52.1. The number of rotatable bonds is 37. The van der Waals surface area contributed by atoms with Crippen molar-refractivity contribution in [2.75, 3.05) is 39.8 Å². The molecule has 5 amide bonds. The first-order valence-electron chi connectivity index (χ1n) is 36.5. The van der Waals surface area contributed by atoms with E-state index in [4.69, 9.17) is 44.8 Å². The Bertz CT molecular complexity index is 3670. The number of non-ortho nitro benzene ring substituents is 2. The monoisotopic (exact) mass is 1560 g/mol. The molecule has 0 aliphatic carbocycles. The van der Waals surface area contributed by atoms with Gasteiger partial charge in [0.2, 0.25) is 36.3 Å². The van der Waals surface area contributed by atoms with Crippen molar-refractivity contribution in [1.29, 1.82) is 0 Å². The van der Waals surface area contributed by atoms with Crippen LogP contribution in [0.2, 0.25) is 5.02 Å². The number of nitrogens with one attached hydrogen (secondary N) is 5. The summed E-state index contributed by atoms with van der Waals surface area (Å²) in [5.41, 5.74) is 3.67. The van der Waals surface area contributed by atoms with Gasteiger partial charge in [-0.1, -0.05) is 158 Å².